The first-order valence-corrected chi connectivity index (χ1v) is 7.52. The smallest absolute Gasteiger partial charge is 0.320 e. The maximum Gasteiger partial charge on any atom is 0.320 e. The number of benzene rings is 1. The third-order valence-corrected chi connectivity index (χ3v) is 4.18. The minimum absolute atomic E-state index is 0.552. The molecule has 0 aromatic heterocycles. The summed E-state index contributed by atoms with van der Waals surface area (Å²) in [6.07, 6.45) is 0. The normalized spacial score (nSPS) is 12.5. The van der Waals surface area contributed by atoms with Crippen LogP contribution in [0.25, 0.3) is 0 Å². The molecule has 1 unspecified atom stereocenters. The van der Waals surface area contributed by atoms with Gasteiger partial charge in [0, 0.05) is 9.79 Å². The molecule has 0 aliphatic carbocycles. The molecule has 7 heteroatoms. The number of carbonyl (C=O) groups is 1. The largest absolute Gasteiger partial charge is 0.480 e. The van der Waals surface area contributed by atoms with E-state index in [2.05, 4.69) is 12.6 Å². The zero-order valence-corrected chi connectivity index (χ0v) is 11.2. The Bertz CT molecular complexity index is 373. The van der Waals surface area contributed by atoms with Gasteiger partial charge in [0.2, 0.25) is 0 Å². The minimum Gasteiger partial charge on any atom is -0.480 e. The van der Waals surface area contributed by atoms with Crippen molar-refractivity contribution in [2.24, 2.45) is 0 Å². The van der Waals surface area contributed by atoms with E-state index in [0.717, 1.165) is 26.8 Å². The molecule has 15 heavy (non-hydrogen) atoms. The molecule has 0 bridgehead atoms. The van der Waals surface area contributed by atoms with Crippen LogP contribution in [0.2, 0.25) is 0 Å². The molecule has 1 rings (SSSR count). The van der Waals surface area contributed by atoms with Crippen molar-refractivity contribution in [1.29, 1.82) is 0 Å². The predicted octanol–water partition coefficient (Wildman–Crippen LogP) is 4.23. The molecule has 0 fully saturated rings. The highest BCUT2D eigenvalue weighted by atomic mass is 35.7. The molecule has 1 aromatic carbocycles. The summed E-state index contributed by atoms with van der Waals surface area (Å²) in [5.74, 6) is -1.01. The molecule has 2 nitrogen and oxygen atoms in total. The lowest BCUT2D eigenvalue weighted by molar-refractivity contribution is -0.136. The van der Waals surface area contributed by atoms with Crippen molar-refractivity contribution in [3.05, 3.63) is 23.8 Å². The Hall–Kier alpha value is 0.320. The van der Waals surface area contributed by atoms with Gasteiger partial charge in [-0.15, -0.1) is 0 Å². The highest BCUT2D eigenvalue weighted by molar-refractivity contribution is 8.21. The van der Waals surface area contributed by atoms with Crippen molar-refractivity contribution in [3.63, 3.8) is 0 Å². The number of hydrogen-bond acceptors (Lipinski definition) is 4. The summed E-state index contributed by atoms with van der Waals surface area (Å²) in [6, 6.07) is 5.17. The number of hydrogen-bond donors (Lipinski definition) is 2. The van der Waals surface area contributed by atoms with E-state index >= 15 is 0 Å². The molecule has 0 radical (unpaired) electrons. The first-order valence-electron chi connectivity index (χ1n) is 3.72. The van der Waals surface area contributed by atoms with Crippen LogP contribution < -0.4 is 0 Å². The SMILES string of the molecule is O=C(O)C(S)c1cc(SCl)ccc1SCl. The van der Waals surface area contributed by atoms with Crippen molar-refractivity contribution in [2.45, 2.75) is 15.0 Å². The zero-order chi connectivity index (χ0) is 11.4. The van der Waals surface area contributed by atoms with Gasteiger partial charge in [0.1, 0.15) is 5.25 Å². The Labute approximate surface area is 110 Å². The van der Waals surface area contributed by atoms with Crippen LogP contribution in [0.5, 0.6) is 0 Å². The molecule has 0 saturated carbocycles. The molecule has 1 aromatic rings. The van der Waals surface area contributed by atoms with Crippen LogP contribution in [0.3, 0.4) is 0 Å². The predicted molar refractivity (Wildman–Crippen MR) is 69.2 cm³/mol. The van der Waals surface area contributed by atoms with Crippen LogP contribution in [-0.2, 0) is 4.79 Å². The molecule has 0 aliphatic rings. The van der Waals surface area contributed by atoms with Gasteiger partial charge in [-0.25, -0.2) is 0 Å². The first kappa shape index (κ1) is 13.4. The summed E-state index contributed by atoms with van der Waals surface area (Å²) in [5.41, 5.74) is 0.552. The Kier molecular flexibility index (Phi) is 5.49. The quantitative estimate of drug-likeness (QED) is 0.816. The fourth-order valence-corrected chi connectivity index (χ4v) is 2.68. The molecule has 0 saturated heterocycles. The summed E-state index contributed by atoms with van der Waals surface area (Å²) < 4.78 is 0. The van der Waals surface area contributed by atoms with E-state index in [1.165, 1.54) is 0 Å². The first-order chi connectivity index (χ1) is 7.10. The Morgan fingerprint density at radius 3 is 2.53 bits per heavy atom. The van der Waals surface area contributed by atoms with Gasteiger partial charge in [0.05, 0.1) is 0 Å². The number of thiol groups is 1. The molecule has 82 valence electrons. The molecule has 0 heterocycles. The van der Waals surface area contributed by atoms with Crippen molar-refractivity contribution in [2.75, 3.05) is 0 Å². The second-order valence-electron chi connectivity index (χ2n) is 2.59. The highest BCUT2D eigenvalue weighted by Crippen LogP contribution is 2.36. The molecule has 0 spiro atoms. The van der Waals surface area contributed by atoms with E-state index in [0.29, 0.717) is 10.5 Å². The van der Waals surface area contributed by atoms with E-state index in [4.69, 9.17) is 26.5 Å². The number of carboxylic acids is 1. The standard InChI is InChI=1S/C8H6Cl2O2S3/c9-14-4-1-2-6(15-10)5(3-4)7(13)8(11)12/h1-3,7,13H,(H,11,12). The third kappa shape index (κ3) is 3.39. The lowest BCUT2D eigenvalue weighted by atomic mass is 10.1. The number of rotatable bonds is 4. The molecular formula is C8H6Cl2O2S3. The zero-order valence-electron chi connectivity index (χ0n) is 7.18. The van der Waals surface area contributed by atoms with Crippen molar-refractivity contribution in [3.8, 4) is 0 Å². The Morgan fingerprint density at radius 1 is 1.40 bits per heavy atom. The minimum atomic E-state index is -1.01. The molecule has 1 N–H and O–H groups in total. The Balaban J connectivity index is 3.16. The molecular weight excluding hydrogens is 295 g/mol. The van der Waals surface area contributed by atoms with Crippen molar-refractivity contribution >= 4 is 61.9 Å². The monoisotopic (exact) mass is 300 g/mol. The van der Waals surface area contributed by atoms with E-state index in [9.17, 15) is 4.79 Å². The van der Waals surface area contributed by atoms with Gasteiger partial charge in [0.15, 0.2) is 0 Å². The second kappa shape index (κ2) is 6.15. The van der Waals surface area contributed by atoms with Crippen LogP contribution in [-0.4, -0.2) is 11.1 Å². The van der Waals surface area contributed by atoms with E-state index in [1.807, 2.05) is 0 Å². The summed E-state index contributed by atoms with van der Waals surface area (Å²) >= 11 is 4.00. The molecule has 1 atom stereocenters. The Morgan fingerprint density at radius 2 is 2.07 bits per heavy atom. The number of carboxylic acid groups (broad SMARTS) is 1. The maximum atomic E-state index is 10.8. The fourth-order valence-electron chi connectivity index (χ4n) is 0.992. The summed E-state index contributed by atoms with van der Waals surface area (Å²) in [4.78, 5) is 12.2. The van der Waals surface area contributed by atoms with Crippen LogP contribution >= 0.6 is 55.9 Å². The van der Waals surface area contributed by atoms with Gasteiger partial charge >= 0.3 is 5.97 Å². The van der Waals surface area contributed by atoms with Crippen LogP contribution in [0, 0.1) is 0 Å². The maximum absolute atomic E-state index is 10.8. The van der Waals surface area contributed by atoms with Crippen LogP contribution in [0.1, 0.15) is 10.8 Å². The average molecular weight is 301 g/mol. The van der Waals surface area contributed by atoms with Crippen molar-refractivity contribution in [1.82, 2.24) is 0 Å². The van der Waals surface area contributed by atoms with Gasteiger partial charge in [-0.1, -0.05) is 0 Å². The van der Waals surface area contributed by atoms with Gasteiger partial charge < -0.3 is 5.11 Å². The molecule has 0 aliphatic heterocycles. The van der Waals surface area contributed by atoms with Gasteiger partial charge in [-0.05, 0) is 67.1 Å². The molecule has 0 amide bonds. The summed E-state index contributed by atoms with van der Waals surface area (Å²) in [5, 5.41) is 7.96. The number of aliphatic carboxylic acids is 1. The van der Waals surface area contributed by atoms with Gasteiger partial charge in [-0.2, -0.15) is 12.6 Å². The van der Waals surface area contributed by atoms with E-state index < -0.39 is 11.2 Å². The van der Waals surface area contributed by atoms with Gasteiger partial charge in [0.25, 0.3) is 0 Å². The summed E-state index contributed by atoms with van der Waals surface area (Å²) in [7, 11) is 13.2. The van der Waals surface area contributed by atoms with E-state index in [1.54, 1.807) is 18.2 Å². The number of halogens is 2. The topological polar surface area (TPSA) is 37.3 Å². The second-order valence-corrected chi connectivity index (χ2v) is 5.26. The lowest BCUT2D eigenvalue weighted by Gasteiger charge is -2.10. The highest BCUT2D eigenvalue weighted by Gasteiger charge is 2.19. The fraction of sp³-hybridized carbons (Fsp3) is 0.125. The van der Waals surface area contributed by atoms with Crippen LogP contribution in [0.4, 0.5) is 0 Å². The third-order valence-electron chi connectivity index (χ3n) is 1.68. The van der Waals surface area contributed by atoms with E-state index in [-0.39, 0.29) is 0 Å². The average Bonchev–Trinajstić information content (AvgIpc) is 2.27. The van der Waals surface area contributed by atoms with Crippen molar-refractivity contribution < 1.29 is 9.90 Å². The summed E-state index contributed by atoms with van der Waals surface area (Å²) in [6.45, 7) is 0. The van der Waals surface area contributed by atoms with Crippen LogP contribution in [0.15, 0.2) is 28.0 Å². The lowest BCUT2D eigenvalue weighted by Crippen LogP contribution is -2.06. The van der Waals surface area contributed by atoms with Gasteiger partial charge in [-0.3, -0.25) is 4.79 Å².